The number of ketones is 2. The van der Waals surface area contributed by atoms with E-state index >= 15 is 0 Å². The Morgan fingerprint density at radius 1 is 1.15 bits per heavy atom. The summed E-state index contributed by atoms with van der Waals surface area (Å²) >= 11 is 0. The lowest BCUT2D eigenvalue weighted by Gasteiger charge is -2.45. The van der Waals surface area contributed by atoms with E-state index in [4.69, 9.17) is 4.74 Å². The fraction of sp³-hybridized carbons (Fsp3) is 0.524. The van der Waals surface area contributed by atoms with Gasteiger partial charge >= 0.3 is 0 Å². The fourth-order valence-electron chi connectivity index (χ4n) is 4.17. The largest absolute Gasteiger partial charge is 0.507 e. The van der Waals surface area contributed by atoms with Crippen molar-refractivity contribution in [3.05, 3.63) is 28.8 Å². The van der Waals surface area contributed by atoms with Crippen molar-refractivity contribution in [3.63, 3.8) is 0 Å². The summed E-state index contributed by atoms with van der Waals surface area (Å²) in [6.07, 6.45) is 5.58. The topological polar surface area (TPSA) is 83.8 Å². The smallest absolute Gasteiger partial charge is 0.167 e. The standard InChI is InChI=1S/C21H26O5/c1-10(2)13-6-7-21(5)14(8-13)9-15-18(24)16(11(3)22)19(25)17(12(4)23)20(15)26-21/h6-7,10,13-14,24-25H,8-9H2,1-5H3/t13-,14-,21-/m1/s1. The number of fused-ring (bicyclic) bond motifs is 2. The molecule has 0 aromatic heterocycles. The average molecular weight is 358 g/mol. The summed E-state index contributed by atoms with van der Waals surface area (Å²) in [5.74, 6) is -0.434. The van der Waals surface area contributed by atoms with Crippen molar-refractivity contribution in [2.75, 3.05) is 0 Å². The molecule has 1 heterocycles. The normalized spacial score (nSPS) is 26.8. The molecule has 3 atom stereocenters. The molecule has 0 saturated carbocycles. The van der Waals surface area contributed by atoms with Crippen LogP contribution in [0, 0.1) is 17.8 Å². The van der Waals surface area contributed by atoms with E-state index in [1.165, 1.54) is 13.8 Å². The minimum Gasteiger partial charge on any atom is -0.507 e. The van der Waals surface area contributed by atoms with Crippen molar-refractivity contribution in [2.45, 2.75) is 53.1 Å². The van der Waals surface area contributed by atoms with Gasteiger partial charge in [-0.1, -0.05) is 19.9 Å². The van der Waals surface area contributed by atoms with Gasteiger partial charge in [0, 0.05) is 11.5 Å². The van der Waals surface area contributed by atoms with Gasteiger partial charge in [0.05, 0.1) is 0 Å². The number of carbonyl (C=O) groups is 2. The highest BCUT2D eigenvalue weighted by Gasteiger charge is 2.46. The molecule has 140 valence electrons. The number of benzene rings is 1. The summed E-state index contributed by atoms with van der Waals surface area (Å²) in [6, 6.07) is 0. The van der Waals surface area contributed by atoms with Crippen LogP contribution >= 0.6 is 0 Å². The van der Waals surface area contributed by atoms with E-state index in [1.807, 2.05) is 13.0 Å². The molecule has 0 amide bonds. The summed E-state index contributed by atoms with van der Waals surface area (Å²) < 4.78 is 6.20. The minimum absolute atomic E-state index is 0.0259. The first kappa shape index (κ1) is 18.5. The quantitative estimate of drug-likeness (QED) is 0.629. The molecule has 0 fully saturated rings. The summed E-state index contributed by atoms with van der Waals surface area (Å²) in [5, 5.41) is 21.1. The molecule has 0 spiro atoms. The number of Topliss-reactive ketones (excluding diaryl/α,β-unsaturated/α-hetero) is 2. The zero-order chi connectivity index (χ0) is 19.4. The Labute approximate surface area is 153 Å². The van der Waals surface area contributed by atoms with Gasteiger partial charge in [-0.2, -0.15) is 0 Å². The van der Waals surface area contributed by atoms with E-state index in [0.29, 0.717) is 23.8 Å². The third kappa shape index (κ3) is 2.70. The maximum atomic E-state index is 12.2. The highest BCUT2D eigenvalue weighted by atomic mass is 16.5. The van der Waals surface area contributed by atoms with Gasteiger partial charge in [0.25, 0.3) is 0 Å². The van der Waals surface area contributed by atoms with Gasteiger partial charge in [-0.05, 0) is 51.5 Å². The first-order valence-electron chi connectivity index (χ1n) is 9.07. The third-order valence-electron chi connectivity index (χ3n) is 5.87. The molecule has 0 saturated heterocycles. The number of hydrogen-bond donors (Lipinski definition) is 2. The summed E-state index contributed by atoms with van der Waals surface area (Å²) in [7, 11) is 0. The number of carbonyl (C=O) groups excluding carboxylic acids is 2. The van der Waals surface area contributed by atoms with Crippen LogP contribution in [0.5, 0.6) is 17.2 Å². The number of hydrogen-bond acceptors (Lipinski definition) is 5. The molecule has 1 aromatic rings. The van der Waals surface area contributed by atoms with E-state index in [2.05, 4.69) is 19.9 Å². The van der Waals surface area contributed by atoms with Gasteiger partial charge in [-0.15, -0.1) is 0 Å². The van der Waals surface area contributed by atoms with Crippen molar-refractivity contribution in [3.8, 4) is 17.2 Å². The van der Waals surface area contributed by atoms with Crippen molar-refractivity contribution in [1.82, 2.24) is 0 Å². The molecule has 2 N–H and O–H groups in total. The first-order chi connectivity index (χ1) is 12.1. The van der Waals surface area contributed by atoms with Gasteiger partial charge in [-0.25, -0.2) is 0 Å². The van der Waals surface area contributed by atoms with Gasteiger partial charge in [0.2, 0.25) is 0 Å². The number of phenolic OH excluding ortho intramolecular Hbond substituents is 2. The Morgan fingerprint density at radius 3 is 2.31 bits per heavy atom. The summed E-state index contributed by atoms with van der Waals surface area (Å²) in [5.41, 5.74) is -0.396. The van der Waals surface area contributed by atoms with Crippen LogP contribution in [-0.2, 0) is 6.42 Å². The molecule has 26 heavy (non-hydrogen) atoms. The highest BCUT2D eigenvalue weighted by Crippen LogP contribution is 2.52. The van der Waals surface area contributed by atoms with Crippen molar-refractivity contribution in [2.24, 2.45) is 17.8 Å². The molecule has 1 aliphatic carbocycles. The zero-order valence-corrected chi connectivity index (χ0v) is 15.9. The third-order valence-corrected chi connectivity index (χ3v) is 5.87. The maximum Gasteiger partial charge on any atom is 0.167 e. The lowest BCUT2D eigenvalue weighted by Crippen LogP contribution is -2.47. The van der Waals surface area contributed by atoms with Gasteiger partial charge in [0.1, 0.15) is 34.0 Å². The molecule has 5 heteroatoms. The van der Waals surface area contributed by atoms with Crippen LogP contribution in [0.4, 0.5) is 0 Å². The van der Waals surface area contributed by atoms with Crippen LogP contribution in [0.3, 0.4) is 0 Å². The Hall–Kier alpha value is -2.30. The monoisotopic (exact) mass is 358 g/mol. The van der Waals surface area contributed by atoms with Crippen molar-refractivity contribution in [1.29, 1.82) is 0 Å². The van der Waals surface area contributed by atoms with E-state index in [0.717, 1.165) is 6.42 Å². The molecular weight excluding hydrogens is 332 g/mol. The zero-order valence-electron chi connectivity index (χ0n) is 15.9. The van der Waals surface area contributed by atoms with E-state index in [-0.39, 0.29) is 28.5 Å². The van der Waals surface area contributed by atoms with Gasteiger partial charge in [0.15, 0.2) is 11.6 Å². The second-order valence-corrected chi connectivity index (χ2v) is 8.06. The minimum atomic E-state index is -0.612. The molecule has 2 aliphatic rings. The number of allylic oxidation sites excluding steroid dienone is 1. The van der Waals surface area contributed by atoms with Gasteiger partial charge in [-0.3, -0.25) is 9.59 Å². The number of rotatable bonds is 3. The van der Waals surface area contributed by atoms with Crippen molar-refractivity contribution < 1.29 is 24.5 Å². The second kappa shape index (κ2) is 6.15. The molecule has 0 radical (unpaired) electrons. The van der Waals surface area contributed by atoms with Gasteiger partial charge < -0.3 is 14.9 Å². The molecule has 0 unspecified atom stereocenters. The summed E-state index contributed by atoms with van der Waals surface area (Å²) in [6.45, 7) is 8.89. The van der Waals surface area contributed by atoms with Crippen LogP contribution in [0.1, 0.15) is 67.3 Å². The predicted octanol–water partition coefficient (Wildman–Crippen LogP) is 4.04. The van der Waals surface area contributed by atoms with Crippen LogP contribution in [-0.4, -0.2) is 27.4 Å². The van der Waals surface area contributed by atoms with Crippen LogP contribution < -0.4 is 4.74 Å². The fourth-order valence-corrected chi connectivity index (χ4v) is 4.17. The lowest BCUT2D eigenvalue weighted by atomic mass is 9.69. The predicted molar refractivity (Wildman–Crippen MR) is 98.1 cm³/mol. The summed E-state index contributed by atoms with van der Waals surface area (Å²) in [4.78, 5) is 24.1. The van der Waals surface area contributed by atoms with Crippen LogP contribution in [0.25, 0.3) is 0 Å². The number of ether oxygens (including phenoxy) is 1. The number of aromatic hydroxyl groups is 2. The Bertz CT molecular complexity index is 820. The highest BCUT2D eigenvalue weighted by molar-refractivity contribution is 6.08. The second-order valence-electron chi connectivity index (χ2n) is 8.06. The molecule has 3 rings (SSSR count). The Kier molecular flexibility index (Phi) is 4.37. The number of phenols is 2. The van der Waals surface area contributed by atoms with Crippen LogP contribution in [0.2, 0.25) is 0 Å². The lowest BCUT2D eigenvalue weighted by molar-refractivity contribution is 0.0299. The molecule has 1 aromatic carbocycles. The van der Waals surface area contributed by atoms with E-state index < -0.39 is 22.9 Å². The van der Waals surface area contributed by atoms with Crippen molar-refractivity contribution >= 4 is 11.6 Å². The SMILES string of the molecule is CC(=O)c1c(O)c2c(c(C(C)=O)c1O)O[C@]1(C)C=C[C@@H](C(C)C)C[C@@H]1C2. The Balaban J connectivity index is 2.20. The molecule has 1 aliphatic heterocycles. The Morgan fingerprint density at radius 2 is 1.77 bits per heavy atom. The first-order valence-corrected chi connectivity index (χ1v) is 9.07. The molecule has 0 bridgehead atoms. The maximum absolute atomic E-state index is 12.2. The molecule has 5 nitrogen and oxygen atoms in total. The van der Waals surface area contributed by atoms with E-state index in [9.17, 15) is 19.8 Å². The van der Waals surface area contributed by atoms with Crippen LogP contribution in [0.15, 0.2) is 12.2 Å². The molecular formula is C21H26O5. The van der Waals surface area contributed by atoms with E-state index in [1.54, 1.807) is 0 Å². The average Bonchev–Trinajstić information content (AvgIpc) is 2.51.